The zero-order valence-corrected chi connectivity index (χ0v) is 15.0. The second-order valence-corrected chi connectivity index (χ2v) is 9.46. The molecule has 0 aromatic carbocycles. The average molecular weight is 403 g/mol. The van der Waals surface area contributed by atoms with Gasteiger partial charge in [-0.25, -0.2) is 18.1 Å². The van der Waals surface area contributed by atoms with Gasteiger partial charge in [0.2, 0.25) is 13.6 Å². The lowest BCUT2D eigenvalue weighted by atomic mass is 10.5. The van der Waals surface area contributed by atoms with Gasteiger partial charge in [-0.1, -0.05) is 76.5 Å². The van der Waals surface area contributed by atoms with E-state index in [2.05, 4.69) is 0 Å². The summed E-state index contributed by atoms with van der Waals surface area (Å²) in [6, 6.07) is 0. The molecule has 0 radical (unpaired) electrons. The van der Waals surface area contributed by atoms with Gasteiger partial charge in [-0.3, -0.25) is 0 Å². The Morgan fingerprint density at radius 1 is 0.889 bits per heavy atom. The van der Waals surface area contributed by atoms with Crippen molar-refractivity contribution < 1.29 is 18.1 Å². The molecule has 18 heavy (non-hydrogen) atoms. The molecule has 0 aromatic heterocycles. The van der Waals surface area contributed by atoms with E-state index in [0.717, 1.165) is 0 Å². The maximum Gasteiger partial charge on any atom is 0.482 e. The van der Waals surface area contributed by atoms with Gasteiger partial charge >= 0.3 is 7.82 Å². The van der Waals surface area contributed by atoms with Crippen molar-refractivity contribution in [2.45, 2.75) is 40.8 Å². The Balaban J connectivity index is 5.11. The zero-order valence-electron chi connectivity index (χ0n) is 9.56. The molecular formula is C7H11Cl6O4P. The van der Waals surface area contributed by atoms with E-state index in [9.17, 15) is 4.57 Å². The second-order valence-electron chi connectivity index (χ2n) is 3.33. The monoisotopic (exact) mass is 400 g/mol. The fraction of sp³-hybridized carbons (Fsp3) is 1.00. The molecule has 0 aromatic rings. The highest BCUT2D eigenvalue weighted by atomic mass is 35.5. The number of phosphoric acid groups is 1. The Morgan fingerprint density at radius 2 is 1.22 bits per heavy atom. The normalized spacial score (nSPS) is 14.9. The van der Waals surface area contributed by atoms with E-state index < -0.39 is 21.4 Å². The van der Waals surface area contributed by atoms with Crippen LogP contribution < -0.4 is 0 Å². The Morgan fingerprint density at radius 3 is 1.44 bits per heavy atom. The van der Waals surface area contributed by atoms with Crippen molar-refractivity contribution in [3.05, 3.63) is 0 Å². The molecule has 0 rings (SSSR count). The van der Waals surface area contributed by atoms with E-state index in [1.54, 1.807) is 6.92 Å². The zero-order chi connectivity index (χ0) is 14.8. The third kappa shape index (κ3) is 9.71. The molecule has 0 saturated carbocycles. The van der Waals surface area contributed by atoms with Crippen molar-refractivity contribution in [2.75, 3.05) is 0 Å². The molecule has 0 heterocycles. The lowest BCUT2D eigenvalue weighted by Crippen LogP contribution is -2.23. The maximum atomic E-state index is 12.2. The lowest BCUT2D eigenvalue weighted by molar-refractivity contribution is 0.0624. The fourth-order valence-corrected chi connectivity index (χ4v) is 3.55. The summed E-state index contributed by atoms with van der Waals surface area (Å²) in [6.45, 7) is 3.95. The summed E-state index contributed by atoms with van der Waals surface area (Å²) in [5, 5.41) is 0. The fourth-order valence-electron chi connectivity index (χ4n) is 0.677. The molecule has 0 unspecified atom stereocenters. The second kappa shape index (κ2) is 6.74. The summed E-state index contributed by atoms with van der Waals surface area (Å²) in [7, 11) is -4.39. The molecular weight excluding hydrogens is 392 g/mol. The van der Waals surface area contributed by atoms with Crippen molar-refractivity contribution in [1.29, 1.82) is 0 Å². The molecule has 0 atom stereocenters. The van der Waals surface area contributed by atoms with Gasteiger partial charge in [-0.2, -0.15) is 0 Å². The van der Waals surface area contributed by atoms with Crippen molar-refractivity contribution in [2.24, 2.45) is 0 Å². The largest absolute Gasteiger partial charge is 0.482 e. The minimum atomic E-state index is -4.39. The predicted octanol–water partition coefficient (Wildman–Crippen LogP) is 5.99. The van der Waals surface area contributed by atoms with Gasteiger partial charge in [0.25, 0.3) is 0 Å². The van der Waals surface area contributed by atoms with Crippen LogP contribution in [0.2, 0.25) is 0 Å². The third-order valence-electron chi connectivity index (χ3n) is 1.20. The van der Waals surface area contributed by atoms with Crippen LogP contribution in [0.15, 0.2) is 0 Å². The number of phosphoric ester groups is 1. The van der Waals surface area contributed by atoms with Crippen LogP contribution >= 0.6 is 77.4 Å². The lowest BCUT2D eigenvalue weighted by Gasteiger charge is -2.30. The summed E-state index contributed by atoms with van der Waals surface area (Å²) >= 11 is 33.6. The van der Waals surface area contributed by atoms with Crippen LogP contribution in [0.3, 0.4) is 0 Å². The van der Waals surface area contributed by atoms with Crippen molar-refractivity contribution >= 4 is 77.4 Å². The van der Waals surface area contributed by atoms with Gasteiger partial charge in [-0.15, -0.1) is 0 Å². The molecule has 0 bridgehead atoms. The first-order chi connectivity index (χ1) is 7.68. The summed E-state index contributed by atoms with van der Waals surface area (Å²) in [6.07, 6.45) is 0.0788. The van der Waals surface area contributed by atoms with Crippen LogP contribution in [0.1, 0.15) is 27.2 Å². The minimum Gasteiger partial charge on any atom is -0.250 e. The maximum absolute atomic E-state index is 12.2. The van der Waals surface area contributed by atoms with Gasteiger partial charge in [-0.05, 0) is 13.8 Å². The summed E-state index contributed by atoms with van der Waals surface area (Å²) in [4.78, 5) is 0. The minimum absolute atomic E-state index is 0.0788. The van der Waals surface area contributed by atoms with Crippen molar-refractivity contribution in [1.82, 2.24) is 0 Å². The molecule has 0 aliphatic carbocycles. The van der Waals surface area contributed by atoms with Crippen molar-refractivity contribution in [3.63, 3.8) is 0 Å². The van der Waals surface area contributed by atoms with Crippen LogP contribution in [-0.2, 0) is 18.1 Å². The Hall–Kier alpha value is 1.85. The number of hydrogen-bond donors (Lipinski definition) is 0. The van der Waals surface area contributed by atoms with Crippen LogP contribution in [0.25, 0.3) is 0 Å². The van der Waals surface area contributed by atoms with Gasteiger partial charge in [0.05, 0.1) is 0 Å². The highest BCUT2D eigenvalue weighted by Gasteiger charge is 2.46. The molecule has 0 fully saturated rings. The topological polar surface area (TPSA) is 44.8 Å². The molecule has 0 N–H and O–H groups in total. The van der Waals surface area contributed by atoms with Crippen LogP contribution in [0.5, 0.6) is 0 Å². The Bertz CT molecular complexity index is 303. The molecule has 0 saturated heterocycles. The van der Waals surface area contributed by atoms with Gasteiger partial charge in [0.15, 0.2) is 0 Å². The van der Waals surface area contributed by atoms with E-state index in [1.807, 2.05) is 0 Å². The molecule has 0 aliphatic rings. The van der Waals surface area contributed by atoms with Crippen LogP contribution in [0, 0.1) is 0 Å². The van der Waals surface area contributed by atoms with E-state index in [-0.39, 0.29) is 6.42 Å². The first-order valence-electron chi connectivity index (χ1n) is 4.54. The number of rotatable bonds is 7. The van der Waals surface area contributed by atoms with Gasteiger partial charge in [0.1, 0.15) is 0 Å². The number of alkyl halides is 6. The van der Waals surface area contributed by atoms with E-state index >= 15 is 0 Å². The third-order valence-corrected chi connectivity index (χ3v) is 4.56. The molecule has 110 valence electrons. The summed E-state index contributed by atoms with van der Waals surface area (Å²) < 4.78 is 21.0. The number of halogens is 6. The van der Waals surface area contributed by atoms with Crippen molar-refractivity contribution in [3.8, 4) is 0 Å². The smallest absolute Gasteiger partial charge is 0.250 e. The first-order valence-corrected chi connectivity index (χ1v) is 8.27. The highest BCUT2D eigenvalue weighted by Crippen LogP contribution is 2.61. The molecule has 4 nitrogen and oxygen atoms in total. The van der Waals surface area contributed by atoms with E-state index in [0.29, 0.717) is 0 Å². The van der Waals surface area contributed by atoms with E-state index in [1.165, 1.54) is 13.8 Å². The molecule has 11 heteroatoms. The standard InChI is InChI=1S/C7H11Cl6O4P/c1-4-7(12,13)17-18(14,15-5(2,8)9)16-6(3,10)11/h4H2,1-3H3. The summed E-state index contributed by atoms with van der Waals surface area (Å²) in [5.41, 5.74) is 0. The molecule has 0 aliphatic heterocycles. The SMILES string of the molecule is CCC(Cl)(Cl)OP(=O)(OC(C)(Cl)Cl)OC(C)(Cl)Cl. The van der Waals surface area contributed by atoms with Gasteiger partial charge < -0.3 is 0 Å². The summed E-state index contributed by atoms with van der Waals surface area (Å²) in [5.74, 6) is 0. The Labute approximate surface area is 136 Å². The first kappa shape index (κ1) is 19.9. The predicted molar refractivity (Wildman–Crippen MR) is 75.8 cm³/mol. The quantitative estimate of drug-likeness (QED) is 0.387. The van der Waals surface area contributed by atoms with Gasteiger partial charge in [0, 0.05) is 6.42 Å². The average Bonchev–Trinajstić information content (AvgIpc) is 1.93. The van der Waals surface area contributed by atoms with Crippen LogP contribution in [-0.4, -0.2) is 13.6 Å². The van der Waals surface area contributed by atoms with Crippen LogP contribution in [0.4, 0.5) is 0 Å². The number of hydrogen-bond acceptors (Lipinski definition) is 4. The Kier molecular flexibility index (Phi) is 7.43. The molecule has 0 spiro atoms. The van der Waals surface area contributed by atoms with E-state index in [4.69, 9.17) is 83.2 Å². The molecule has 0 amide bonds. The highest BCUT2D eigenvalue weighted by molar-refractivity contribution is 7.49.